The third kappa shape index (κ3) is 9.01. The molecule has 0 aliphatic rings. The van der Waals surface area contributed by atoms with Crippen molar-refractivity contribution in [2.75, 3.05) is 5.32 Å². The minimum absolute atomic E-state index is 0.0694. The van der Waals surface area contributed by atoms with Crippen molar-refractivity contribution in [3.63, 3.8) is 0 Å². The zero-order chi connectivity index (χ0) is 32.6. The van der Waals surface area contributed by atoms with Crippen LogP contribution in [0.4, 0.5) is 10.5 Å². The fourth-order valence-electron chi connectivity index (χ4n) is 4.67. The summed E-state index contributed by atoms with van der Waals surface area (Å²) in [5, 5.41) is 15.8. The Morgan fingerprint density at radius 2 is 1.68 bits per heavy atom. The summed E-state index contributed by atoms with van der Waals surface area (Å²) < 4.78 is 5.49. The molecule has 44 heavy (non-hydrogen) atoms. The molecule has 232 valence electrons. The molecule has 0 aliphatic heterocycles. The number of aromatic hydroxyl groups is 1. The van der Waals surface area contributed by atoms with E-state index in [0.29, 0.717) is 33.8 Å². The molecule has 0 saturated heterocycles. The third-order valence-corrected chi connectivity index (χ3v) is 7.39. The van der Waals surface area contributed by atoms with Gasteiger partial charge in [0.05, 0.1) is 10.7 Å². The van der Waals surface area contributed by atoms with E-state index in [0.717, 1.165) is 5.56 Å². The van der Waals surface area contributed by atoms with Gasteiger partial charge in [0.25, 0.3) is 5.91 Å². The summed E-state index contributed by atoms with van der Waals surface area (Å²) in [6.45, 7) is 10.8. The van der Waals surface area contributed by atoms with E-state index in [1.165, 1.54) is 17.0 Å². The maximum Gasteiger partial charge on any atom is 0.408 e. The van der Waals surface area contributed by atoms with Crippen molar-refractivity contribution in [2.45, 2.75) is 78.1 Å². The standard InChI is InChI=1S/C35H40ClN3O5/c1-8-23(4)39(33(42)29(37-34(43)44-35(5,6)7)21-25-15-19-27(40)20-16-25)31(26-17-13-24(9-2)14-18-26)32(41)38-30-22(3)11-10-12-28(30)36/h2,10-20,23,29,31,40H,8,21H2,1,3-7H3,(H,37,43)(H,38,41). The number of alkyl carbamates (subject to hydrolysis) is 1. The van der Waals surface area contributed by atoms with Crippen LogP contribution in [0, 0.1) is 19.3 Å². The Hall–Kier alpha value is -4.48. The number of nitrogens with zero attached hydrogens (tertiary/aromatic N) is 1. The van der Waals surface area contributed by atoms with Crippen molar-refractivity contribution >= 4 is 35.2 Å². The molecule has 3 N–H and O–H groups in total. The Kier molecular flexibility index (Phi) is 11.4. The number of carbonyl (C=O) groups is 3. The number of carbonyl (C=O) groups excluding carboxylic acids is 3. The molecule has 3 rings (SSSR count). The second-order valence-electron chi connectivity index (χ2n) is 11.7. The number of hydrogen-bond donors (Lipinski definition) is 3. The molecule has 0 radical (unpaired) electrons. The minimum atomic E-state index is -1.11. The van der Waals surface area contributed by atoms with Crippen LogP contribution in [0.5, 0.6) is 5.75 Å². The van der Waals surface area contributed by atoms with E-state index >= 15 is 0 Å². The number of anilines is 1. The van der Waals surface area contributed by atoms with Crippen molar-refractivity contribution in [3.05, 3.63) is 94.0 Å². The van der Waals surface area contributed by atoms with E-state index in [4.69, 9.17) is 22.8 Å². The molecule has 8 nitrogen and oxygen atoms in total. The van der Waals surface area contributed by atoms with Crippen molar-refractivity contribution in [1.29, 1.82) is 0 Å². The topological polar surface area (TPSA) is 108 Å². The van der Waals surface area contributed by atoms with Gasteiger partial charge in [-0.1, -0.05) is 60.8 Å². The molecule has 0 aliphatic carbocycles. The fourth-order valence-corrected chi connectivity index (χ4v) is 4.94. The molecule has 0 fully saturated rings. The normalized spacial score (nSPS) is 13.1. The zero-order valence-corrected chi connectivity index (χ0v) is 26.7. The number of aryl methyl sites for hydroxylation is 1. The molecule has 0 bridgehead atoms. The number of hydrogen-bond acceptors (Lipinski definition) is 5. The average Bonchev–Trinajstić information content (AvgIpc) is 2.97. The van der Waals surface area contributed by atoms with Gasteiger partial charge >= 0.3 is 6.09 Å². The molecular formula is C35H40ClN3O5. The highest BCUT2D eigenvalue weighted by atomic mass is 35.5. The molecule has 3 unspecified atom stereocenters. The lowest BCUT2D eigenvalue weighted by atomic mass is 9.97. The van der Waals surface area contributed by atoms with E-state index in [9.17, 15) is 19.5 Å². The molecule has 0 spiro atoms. The highest BCUT2D eigenvalue weighted by molar-refractivity contribution is 6.34. The number of benzene rings is 3. The first kappa shape index (κ1) is 34.0. The van der Waals surface area contributed by atoms with Crippen LogP contribution in [-0.4, -0.2) is 45.6 Å². The number of para-hydroxylation sites is 1. The van der Waals surface area contributed by atoms with Crippen LogP contribution < -0.4 is 10.6 Å². The zero-order valence-electron chi connectivity index (χ0n) is 26.0. The monoisotopic (exact) mass is 617 g/mol. The molecule has 3 aromatic carbocycles. The predicted molar refractivity (Wildman–Crippen MR) is 174 cm³/mol. The number of halogens is 1. The van der Waals surface area contributed by atoms with E-state index in [1.807, 2.05) is 26.8 Å². The number of ether oxygens (including phenoxy) is 1. The molecule has 0 aromatic heterocycles. The Morgan fingerprint density at radius 3 is 2.23 bits per heavy atom. The highest BCUT2D eigenvalue weighted by Gasteiger charge is 2.39. The summed E-state index contributed by atoms with van der Waals surface area (Å²) in [6.07, 6.45) is 5.41. The molecule has 0 saturated carbocycles. The van der Waals surface area contributed by atoms with Crippen molar-refractivity contribution in [1.82, 2.24) is 10.2 Å². The lowest BCUT2D eigenvalue weighted by Crippen LogP contribution is -2.55. The second-order valence-corrected chi connectivity index (χ2v) is 12.1. The summed E-state index contributed by atoms with van der Waals surface area (Å²) in [5.41, 5.74) is 2.22. The van der Waals surface area contributed by atoms with Crippen LogP contribution in [-0.2, 0) is 20.7 Å². The summed E-state index contributed by atoms with van der Waals surface area (Å²) in [4.78, 5) is 43.3. The second kappa shape index (κ2) is 14.8. The number of phenolic OH excluding ortho intramolecular Hbond substituents is 1. The Balaban J connectivity index is 2.13. The minimum Gasteiger partial charge on any atom is -0.508 e. The molecule has 9 heteroatoms. The summed E-state index contributed by atoms with van der Waals surface area (Å²) >= 11 is 6.46. The Labute approximate surface area is 264 Å². The smallest absolute Gasteiger partial charge is 0.408 e. The Bertz CT molecular complexity index is 1490. The first-order valence-electron chi connectivity index (χ1n) is 14.5. The van der Waals surface area contributed by atoms with Crippen LogP contribution in [0.15, 0.2) is 66.7 Å². The van der Waals surface area contributed by atoms with Crippen LogP contribution in [0.1, 0.15) is 69.3 Å². The number of nitrogens with one attached hydrogen (secondary N) is 2. The Morgan fingerprint density at radius 1 is 1.05 bits per heavy atom. The maximum atomic E-state index is 14.6. The third-order valence-electron chi connectivity index (χ3n) is 7.08. The van der Waals surface area contributed by atoms with Gasteiger partial charge in [-0.3, -0.25) is 9.59 Å². The number of rotatable bonds is 10. The van der Waals surface area contributed by atoms with Crippen LogP contribution in [0.2, 0.25) is 5.02 Å². The molecule has 0 heterocycles. The molecule has 3 aromatic rings. The van der Waals surface area contributed by atoms with Gasteiger partial charge in [0.15, 0.2) is 0 Å². The lowest BCUT2D eigenvalue weighted by molar-refractivity contribution is -0.143. The first-order chi connectivity index (χ1) is 20.7. The van der Waals surface area contributed by atoms with E-state index in [1.54, 1.807) is 69.3 Å². The van der Waals surface area contributed by atoms with Gasteiger partial charge in [0.1, 0.15) is 23.4 Å². The van der Waals surface area contributed by atoms with Gasteiger partial charge in [-0.2, -0.15) is 0 Å². The SMILES string of the molecule is C#Cc1ccc(C(C(=O)Nc2c(C)cccc2Cl)N(C(=O)C(Cc2ccc(O)cc2)NC(=O)OC(C)(C)C)C(C)CC)cc1. The molecule has 3 amide bonds. The predicted octanol–water partition coefficient (Wildman–Crippen LogP) is 6.78. The number of amides is 3. The van der Waals surface area contributed by atoms with Crippen molar-refractivity contribution < 1.29 is 24.2 Å². The van der Waals surface area contributed by atoms with Crippen molar-refractivity contribution in [3.8, 4) is 18.1 Å². The molecular weight excluding hydrogens is 578 g/mol. The van der Waals surface area contributed by atoms with E-state index in [-0.39, 0.29) is 12.2 Å². The van der Waals surface area contributed by atoms with Gasteiger partial charge in [0.2, 0.25) is 5.91 Å². The number of phenols is 1. The van der Waals surface area contributed by atoms with Crippen LogP contribution in [0.25, 0.3) is 0 Å². The van der Waals surface area contributed by atoms with E-state index < -0.39 is 41.6 Å². The number of terminal acetylenes is 1. The first-order valence-corrected chi connectivity index (χ1v) is 14.8. The highest BCUT2D eigenvalue weighted by Crippen LogP contribution is 2.31. The van der Waals surface area contributed by atoms with E-state index in [2.05, 4.69) is 16.6 Å². The lowest BCUT2D eigenvalue weighted by Gasteiger charge is -2.38. The summed E-state index contributed by atoms with van der Waals surface area (Å²) in [6, 6.07) is 15.9. The van der Waals surface area contributed by atoms with Crippen LogP contribution >= 0.6 is 11.6 Å². The van der Waals surface area contributed by atoms with Gasteiger partial charge in [0, 0.05) is 18.0 Å². The fraction of sp³-hybridized carbons (Fsp3) is 0.343. The van der Waals surface area contributed by atoms with Crippen molar-refractivity contribution in [2.24, 2.45) is 0 Å². The van der Waals surface area contributed by atoms with Gasteiger partial charge < -0.3 is 25.4 Å². The quantitative estimate of drug-likeness (QED) is 0.217. The van der Waals surface area contributed by atoms with Gasteiger partial charge in [-0.25, -0.2) is 4.79 Å². The van der Waals surface area contributed by atoms with Gasteiger partial charge in [-0.05, 0) is 88.1 Å². The summed E-state index contributed by atoms with van der Waals surface area (Å²) in [7, 11) is 0. The average molecular weight is 618 g/mol. The molecule has 3 atom stereocenters. The summed E-state index contributed by atoms with van der Waals surface area (Å²) in [5.74, 6) is 1.67. The van der Waals surface area contributed by atoms with Crippen LogP contribution in [0.3, 0.4) is 0 Å². The largest absolute Gasteiger partial charge is 0.508 e. The van der Waals surface area contributed by atoms with Gasteiger partial charge in [-0.15, -0.1) is 6.42 Å². The maximum absolute atomic E-state index is 14.6.